The molecule has 4 heterocycles. The quantitative estimate of drug-likeness (QED) is 0.417. The summed E-state index contributed by atoms with van der Waals surface area (Å²) in [4.78, 5) is 58.8. The number of aromatic nitrogens is 2. The van der Waals surface area contributed by atoms with Gasteiger partial charge < -0.3 is 19.3 Å². The van der Waals surface area contributed by atoms with Crippen LogP contribution in [0.2, 0.25) is 0 Å². The maximum absolute atomic E-state index is 13.8. The largest absolute Gasteiger partial charge is 0.497 e. The van der Waals surface area contributed by atoms with E-state index in [0.717, 1.165) is 29.6 Å². The highest BCUT2D eigenvalue weighted by Gasteiger charge is 2.44. The second kappa shape index (κ2) is 10.8. The van der Waals surface area contributed by atoms with Crippen LogP contribution in [-0.2, 0) is 27.9 Å². The zero-order valence-electron chi connectivity index (χ0n) is 25.4. The summed E-state index contributed by atoms with van der Waals surface area (Å²) in [6.45, 7) is 6.82. The van der Waals surface area contributed by atoms with Crippen molar-refractivity contribution in [3.8, 4) is 5.75 Å². The van der Waals surface area contributed by atoms with Crippen LogP contribution < -0.4 is 15.3 Å². The lowest BCUT2D eigenvalue weighted by Crippen LogP contribution is -2.56. The van der Waals surface area contributed by atoms with E-state index >= 15 is 0 Å². The number of para-hydroxylation sites is 1. The van der Waals surface area contributed by atoms with Crippen LogP contribution in [0.4, 0.5) is 10.5 Å². The summed E-state index contributed by atoms with van der Waals surface area (Å²) in [7, 11) is 3.32. The van der Waals surface area contributed by atoms with Gasteiger partial charge in [0.1, 0.15) is 17.4 Å². The van der Waals surface area contributed by atoms with Crippen molar-refractivity contribution >= 4 is 34.6 Å². The normalized spacial score (nSPS) is 22.4. The molecule has 11 nitrogen and oxygen atoms in total. The van der Waals surface area contributed by atoms with E-state index in [1.54, 1.807) is 40.3 Å². The van der Waals surface area contributed by atoms with E-state index in [1.165, 1.54) is 4.90 Å². The van der Waals surface area contributed by atoms with Crippen LogP contribution in [0, 0.1) is 0 Å². The lowest BCUT2D eigenvalue weighted by molar-refractivity contribution is -0.151. The zero-order valence-corrected chi connectivity index (χ0v) is 25.4. The number of hydrogen-bond donors (Lipinski definition) is 0. The van der Waals surface area contributed by atoms with Crippen LogP contribution in [-0.4, -0.2) is 74.7 Å². The fourth-order valence-corrected chi connectivity index (χ4v) is 6.84. The molecule has 43 heavy (non-hydrogen) atoms. The van der Waals surface area contributed by atoms with Crippen LogP contribution in [0.1, 0.15) is 58.1 Å². The minimum absolute atomic E-state index is 0.0873. The van der Waals surface area contributed by atoms with Crippen LogP contribution in [0.5, 0.6) is 5.75 Å². The molecule has 2 bridgehead atoms. The molecule has 3 atom stereocenters. The van der Waals surface area contributed by atoms with Crippen molar-refractivity contribution < 1.29 is 23.9 Å². The highest BCUT2D eigenvalue weighted by molar-refractivity contribution is 6.00. The minimum atomic E-state index is -0.789. The van der Waals surface area contributed by atoms with Crippen LogP contribution >= 0.6 is 0 Å². The van der Waals surface area contributed by atoms with E-state index in [2.05, 4.69) is 4.90 Å². The molecule has 0 radical (unpaired) electrons. The van der Waals surface area contributed by atoms with Crippen LogP contribution in [0.15, 0.2) is 47.3 Å². The van der Waals surface area contributed by atoms with E-state index in [9.17, 15) is 19.2 Å². The maximum atomic E-state index is 13.8. The molecule has 0 aliphatic carbocycles. The van der Waals surface area contributed by atoms with Gasteiger partial charge >= 0.3 is 11.8 Å². The molecule has 6 rings (SSSR count). The number of likely N-dealkylation sites (tertiary alicyclic amines) is 2. The lowest BCUT2D eigenvalue weighted by atomic mass is 10.0. The van der Waals surface area contributed by atoms with Crippen molar-refractivity contribution in [1.29, 1.82) is 0 Å². The fraction of sp³-hybridized carbons (Fsp3) is 0.500. The third-order valence-electron chi connectivity index (χ3n) is 8.79. The number of amides is 3. The Bertz CT molecular complexity index is 1620. The summed E-state index contributed by atoms with van der Waals surface area (Å²) >= 11 is 0. The third kappa shape index (κ3) is 5.14. The zero-order chi connectivity index (χ0) is 30.6. The molecule has 2 aromatic carbocycles. The summed E-state index contributed by atoms with van der Waals surface area (Å²) < 4.78 is 14.0. The van der Waals surface area contributed by atoms with Crippen molar-refractivity contribution in [1.82, 2.24) is 18.9 Å². The Morgan fingerprint density at radius 3 is 2.26 bits per heavy atom. The summed E-state index contributed by atoms with van der Waals surface area (Å²) in [6.07, 6.45) is 1.99. The number of carbonyl (C=O) groups excluding carboxylic acids is 3. The molecule has 228 valence electrons. The molecule has 3 saturated heterocycles. The summed E-state index contributed by atoms with van der Waals surface area (Å²) in [5.41, 5.74) is 2.28. The maximum Gasteiger partial charge on any atom is 0.410 e. The van der Waals surface area contributed by atoms with Gasteiger partial charge in [0, 0.05) is 38.6 Å². The smallest absolute Gasteiger partial charge is 0.410 e. The summed E-state index contributed by atoms with van der Waals surface area (Å²) in [6, 6.07) is 12.4. The molecule has 0 spiro atoms. The second-order valence-corrected chi connectivity index (χ2v) is 12.8. The number of nitrogens with zero attached hydrogens (tertiary/aromatic N) is 5. The SMILES string of the molecule is COc1ccc(CN2C(=O)CCC(n3c(=O)n(C)c4c(N5[C@@H]6CC[C@H]5CN(C(=O)OC(C)(C)C)C6)cccc43)C2=O)cc1. The number of fused-ring (bicyclic) bond motifs is 3. The molecular weight excluding hydrogens is 550 g/mol. The molecule has 3 aliphatic heterocycles. The molecule has 3 fully saturated rings. The Hall–Kier alpha value is -4.28. The Balaban J connectivity index is 1.31. The van der Waals surface area contributed by atoms with Gasteiger partial charge in [-0.15, -0.1) is 0 Å². The monoisotopic (exact) mass is 589 g/mol. The molecular formula is C32H39N5O6. The molecule has 0 saturated carbocycles. The Kier molecular flexibility index (Phi) is 7.22. The number of rotatable bonds is 5. The Labute approximate surface area is 250 Å². The van der Waals surface area contributed by atoms with Gasteiger partial charge in [-0.1, -0.05) is 18.2 Å². The number of ether oxygens (including phenoxy) is 2. The van der Waals surface area contributed by atoms with E-state index in [1.807, 2.05) is 51.1 Å². The molecule has 3 amide bonds. The second-order valence-electron chi connectivity index (χ2n) is 12.8. The van der Waals surface area contributed by atoms with Gasteiger partial charge in [0.25, 0.3) is 5.91 Å². The van der Waals surface area contributed by atoms with Gasteiger partial charge in [-0.3, -0.25) is 23.6 Å². The highest BCUT2D eigenvalue weighted by Crippen LogP contribution is 2.39. The van der Waals surface area contributed by atoms with Gasteiger partial charge in [-0.05, 0) is 69.9 Å². The topological polar surface area (TPSA) is 106 Å². The first-order chi connectivity index (χ1) is 20.5. The number of anilines is 1. The van der Waals surface area contributed by atoms with Gasteiger partial charge in [-0.25, -0.2) is 9.59 Å². The molecule has 3 aliphatic rings. The number of benzene rings is 2. The minimum Gasteiger partial charge on any atom is -0.497 e. The highest BCUT2D eigenvalue weighted by atomic mass is 16.6. The number of piperazine rings is 1. The number of imide groups is 1. The number of piperidine rings is 1. The standard InChI is InChI=1S/C32H39N5O6/c1-32(2,3)43-31(41)34-18-21-11-12-22(19-34)36(21)24-7-6-8-25-28(24)33(4)30(40)37(25)26-15-16-27(38)35(29(26)39)17-20-9-13-23(42-5)14-10-20/h6-10,13-14,21-22,26H,11-12,15-19H2,1-5H3/t21-,22+,26?. The number of hydrogen-bond acceptors (Lipinski definition) is 7. The number of methoxy groups -OCH3 is 1. The predicted octanol–water partition coefficient (Wildman–Crippen LogP) is 3.83. The van der Waals surface area contributed by atoms with Crippen molar-refractivity contribution in [2.75, 3.05) is 25.1 Å². The van der Waals surface area contributed by atoms with Crippen molar-refractivity contribution in [2.24, 2.45) is 7.05 Å². The van der Waals surface area contributed by atoms with Gasteiger partial charge in [0.15, 0.2) is 0 Å². The molecule has 11 heteroatoms. The van der Waals surface area contributed by atoms with Crippen LogP contribution in [0.3, 0.4) is 0 Å². The van der Waals surface area contributed by atoms with Gasteiger partial charge in [-0.2, -0.15) is 0 Å². The average Bonchev–Trinajstić information content (AvgIpc) is 3.38. The van der Waals surface area contributed by atoms with Gasteiger partial charge in [0.05, 0.1) is 30.4 Å². The fourth-order valence-electron chi connectivity index (χ4n) is 6.84. The first kappa shape index (κ1) is 28.8. The molecule has 1 aromatic heterocycles. The lowest BCUT2D eigenvalue weighted by Gasteiger charge is -2.42. The molecule has 0 N–H and O–H groups in total. The third-order valence-corrected chi connectivity index (χ3v) is 8.79. The molecule has 1 unspecified atom stereocenters. The van der Waals surface area contributed by atoms with E-state index in [-0.39, 0.29) is 55.1 Å². The van der Waals surface area contributed by atoms with Crippen molar-refractivity contribution in [3.05, 3.63) is 58.5 Å². The van der Waals surface area contributed by atoms with Crippen LogP contribution in [0.25, 0.3) is 11.0 Å². The van der Waals surface area contributed by atoms with Crippen molar-refractivity contribution in [3.63, 3.8) is 0 Å². The number of carbonyl (C=O) groups is 3. The van der Waals surface area contributed by atoms with E-state index in [4.69, 9.17) is 9.47 Å². The van der Waals surface area contributed by atoms with Crippen molar-refractivity contribution in [2.45, 2.75) is 76.7 Å². The average molecular weight is 590 g/mol. The Morgan fingerprint density at radius 2 is 1.63 bits per heavy atom. The van der Waals surface area contributed by atoms with E-state index in [0.29, 0.717) is 24.4 Å². The summed E-state index contributed by atoms with van der Waals surface area (Å²) in [5.74, 6) is 0.0688. The first-order valence-electron chi connectivity index (χ1n) is 14.9. The summed E-state index contributed by atoms with van der Waals surface area (Å²) in [5, 5.41) is 0. The molecule has 3 aromatic rings. The van der Waals surface area contributed by atoms with E-state index < -0.39 is 11.6 Å². The Morgan fingerprint density at radius 1 is 0.953 bits per heavy atom. The van der Waals surface area contributed by atoms with Gasteiger partial charge in [0.2, 0.25) is 5.91 Å². The first-order valence-corrected chi connectivity index (χ1v) is 14.9. The predicted molar refractivity (Wildman–Crippen MR) is 161 cm³/mol. The number of aryl methyl sites for hydroxylation is 1. The number of imidazole rings is 1.